The number of hydrogen-bond donors (Lipinski definition) is 3. The lowest BCUT2D eigenvalue weighted by Crippen LogP contribution is -2.19. The molecule has 4 N–H and O–H groups in total. The largest absolute Gasteiger partial charge is 0.397 e. The van der Waals surface area contributed by atoms with E-state index >= 15 is 0 Å². The fourth-order valence-electron chi connectivity index (χ4n) is 2.55. The first-order valence-electron chi connectivity index (χ1n) is 7.66. The number of hydrogen-bond acceptors (Lipinski definition) is 4. The van der Waals surface area contributed by atoms with E-state index in [9.17, 15) is 4.79 Å². The first kappa shape index (κ1) is 16.0. The maximum Gasteiger partial charge on any atom is 0.224 e. The van der Waals surface area contributed by atoms with Crippen molar-refractivity contribution < 1.29 is 4.79 Å². The van der Waals surface area contributed by atoms with E-state index in [1.165, 1.54) is 37.0 Å². The van der Waals surface area contributed by atoms with Crippen molar-refractivity contribution in [2.75, 3.05) is 34.9 Å². The van der Waals surface area contributed by atoms with E-state index in [2.05, 4.69) is 23.0 Å². The zero-order valence-electron chi connectivity index (χ0n) is 12.7. The van der Waals surface area contributed by atoms with Gasteiger partial charge in [0.1, 0.15) is 0 Å². The molecule has 0 aliphatic carbocycles. The van der Waals surface area contributed by atoms with Crippen molar-refractivity contribution in [3.05, 3.63) is 17.7 Å². The highest BCUT2D eigenvalue weighted by atomic mass is 32.2. The summed E-state index contributed by atoms with van der Waals surface area (Å²) in [6.07, 6.45) is 8.55. The molecule has 1 aliphatic rings. The molecule has 1 heterocycles. The first-order chi connectivity index (χ1) is 10.2. The van der Waals surface area contributed by atoms with E-state index in [1.807, 2.05) is 17.8 Å². The van der Waals surface area contributed by atoms with Gasteiger partial charge in [-0.2, -0.15) is 11.8 Å². The average molecular weight is 307 g/mol. The van der Waals surface area contributed by atoms with Gasteiger partial charge in [0.15, 0.2) is 0 Å². The SMILES string of the molecule is CSCCCCCCNc1cc2c(cc1N)NC(=O)CC2. The Labute approximate surface area is 131 Å². The van der Waals surface area contributed by atoms with E-state index in [0.29, 0.717) is 12.1 Å². The molecule has 0 saturated heterocycles. The lowest BCUT2D eigenvalue weighted by atomic mass is 10.0. The Bertz CT molecular complexity index is 491. The molecular weight excluding hydrogens is 282 g/mol. The van der Waals surface area contributed by atoms with Crippen molar-refractivity contribution in [2.24, 2.45) is 0 Å². The standard InChI is InChI=1S/C16H25N3OS/c1-21-9-5-3-2-4-8-18-15-10-12-6-7-16(20)19-14(12)11-13(15)17/h10-11,18H,2-9,17H2,1H3,(H,19,20). The first-order valence-corrected chi connectivity index (χ1v) is 9.05. The maximum absolute atomic E-state index is 11.4. The van der Waals surface area contributed by atoms with Crippen LogP contribution in [0.2, 0.25) is 0 Å². The van der Waals surface area contributed by atoms with E-state index in [4.69, 9.17) is 5.73 Å². The number of anilines is 3. The molecule has 0 bridgehead atoms. The van der Waals surface area contributed by atoms with Crippen LogP contribution in [0.15, 0.2) is 12.1 Å². The van der Waals surface area contributed by atoms with Crippen LogP contribution in [0.1, 0.15) is 37.7 Å². The number of aryl methyl sites for hydroxylation is 1. The fraction of sp³-hybridized carbons (Fsp3) is 0.562. The molecule has 0 fully saturated rings. The third-order valence-corrected chi connectivity index (χ3v) is 4.46. The number of amides is 1. The Morgan fingerprint density at radius 2 is 2.05 bits per heavy atom. The number of thioether (sulfide) groups is 1. The quantitative estimate of drug-likeness (QED) is 0.508. The van der Waals surface area contributed by atoms with Crippen molar-refractivity contribution in [2.45, 2.75) is 38.5 Å². The average Bonchev–Trinajstić information content (AvgIpc) is 2.47. The van der Waals surface area contributed by atoms with Gasteiger partial charge in [0.2, 0.25) is 5.91 Å². The number of fused-ring (bicyclic) bond motifs is 1. The van der Waals surface area contributed by atoms with Crippen molar-refractivity contribution in [1.29, 1.82) is 0 Å². The summed E-state index contributed by atoms with van der Waals surface area (Å²) in [5.74, 6) is 1.34. The number of unbranched alkanes of at least 4 members (excludes halogenated alkanes) is 3. The summed E-state index contributed by atoms with van der Waals surface area (Å²) >= 11 is 1.92. The highest BCUT2D eigenvalue weighted by Gasteiger charge is 2.16. The monoisotopic (exact) mass is 307 g/mol. The highest BCUT2D eigenvalue weighted by Crippen LogP contribution is 2.30. The van der Waals surface area contributed by atoms with Gasteiger partial charge in [-0.3, -0.25) is 4.79 Å². The number of carbonyl (C=O) groups excluding carboxylic acids is 1. The van der Waals surface area contributed by atoms with Crippen LogP contribution in [-0.4, -0.2) is 24.5 Å². The molecular formula is C16H25N3OS. The van der Waals surface area contributed by atoms with E-state index in [0.717, 1.165) is 24.3 Å². The summed E-state index contributed by atoms with van der Waals surface area (Å²) in [6.45, 7) is 0.953. The minimum absolute atomic E-state index is 0.0767. The molecule has 0 radical (unpaired) electrons. The Hall–Kier alpha value is -1.36. The molecule has 4 nitrogen and oxygen atoms in total. The summed E-state index contributed by atoms with van der Waals surface area (Å²) < 4.78 is 0. The molecule has 116 valence electrons. The molecule has 0 spiro atoms. The van der Waals surface area contributed by atoms with Gasteiger partial charge >= 0.3 is 0 Å². The molecule has 0 atom stereocenters. The van der Waals surface area contributed by atoms with Crippen LogP contribution in [0.3, 0.4) is 0 Å². The number of carbonyl (C=O) groups is 1. The molecule has 21 heavy (non-hydrogen) atoms. The summed E-state index contributed by atoms with van der Waals surface area (Å²) in [5, 5.41) is 6.30. The third-order valence-electron chi connectivity index (χ3n) is 3.76. The lowest BCUT2D eigenvalue weighted by Gasteiger charge is -2.19. The second-order valence-electron chi connectivity index (χ2n) is 5.48. The zero-order chi connectivity index (χ0) is 15.1. The van der Waals surface area contributed by atoms with Gasteiger partial charge in [-0.15, -0.1) is 0 Å². The molecule has 5 heteroatoms. The van der Waals surface area contributed by atoms with Crippen LogP contribution in [0.25, 0.3) is 0 Å². The normalized spacial score (nSPS) is 13.7. The van der Waals surface area contributed by atoms with Gasteiger partial charge < -0.3 is 16.4 Å². The van der Waals surface area contributed by atoms with Crippen LogP contribution >= 0.6 is 11.8 Å². The molecule has 0 saturated carbocycles. The maximum atomic E-state index is 11.4. The second kappa shape index (κ2) is 8.17. The van der Waals surface area contributed by atoms with Crippen molar-refractivity contribution in [3.63, 3.8) is 0 Å². The van der Waals surface area contributed by atoms with Gasteiger partial charge in [0.25, 0.3) is 0 Å². The molecule has 1 aromatic rings. The minimum atomic E-state index is 0.0767. The Morgan fingerprint density at radius 1 is 1.24 bits per heavy atom. The van der Waals surface area contributed by atoms with Gasteiger partial charge in [-0.25, -0.2) is 0 Å². The Balaban J connectivity index is 1.80. The topological polar surface area (TPSA) is 67.2 Å². The molecule has 0 aromatic heterocycles. The van der Waals surface area contributed by atoms with E-state index < -0.39 is 0 Å². The Morgan fingerprint density at radius 3 is 2.86 bits per heavy atom. The van der Waals surface area contributed by atoms with Crippen molar-refractivity contribution >= 4 is 34.7 Å². The number of nitrogens with two attached hydrogens (primary N) is 1. The molecule has 1 aliphatic heterocycles. The minimum Gasteiger partial charge on any atom is -0.397 e. The number of nitrogens with one attached hydrogen (secondary N) is 2. The summed E-state index contributed by atoms with van der Waals surface area (Å²) in [7, 11) is 0. The van der Waals surface area contributed by atoms with Gasteiger partial charge in [0.05, 0.1) is 11.4 Å². The molecule has 1 aromatic carbocycles. The smallest absolute Gasteiger partial charge is 0.224 e. The van der Waals surface area contributed by atoms with Crippen molar-refractivity contribution in [3.8, 4) is 0 Å². The predicted octanol–water partition coefficient (Wildman–Crippen LogP) is 3.49. The van der Waals surface area contributed by atoms with E-state index in [-0.39, 0.29) is 5.91 Å². The lowest BCUT2D eigenvalue weighted by molar-refractivity contribution is -0.116. The van der Waals surface area contributed by atoms with Gasteiger partial charge in [0, 0.05) is 18.7 Å². The fourth-order valence-corrected chi connectivity index (χ4v) is 3.04. The molecule has 2 rings (SSSR count). The summed E-state index contributed by atoms with van der Waals surface area (Å²) in [6, 6.07) is 3.95. The van der Waals surface area contributed by atoms with Crippen LogP contribution in [0.4, 0.5) is 17.1 Å². The summed E-state index contributed by atoms with van der Waals surface area (Å²) in [4.78, 5) is 11.4. The summed E-state index contributed by atoms with van der Waals surface area (Å²) in [5.41, 5.74) is 9.79. The van der Waals surface area contributed by atoms with E-state index in [1.54, 1.807) is 0 Å². The second-order valence-corrected chi connectivity index (χ2v) is 6.46. The number of rotatable bonds is 8. The van der Waals surface area contributed by atoms with Gasteiger partial charge in [-0.1, -0.05) is 12.8 Å². The van der Waals surface area contributed by atoms with Crippen molar-refractivity contribution in [1.82, 2.24) is 0 Å². The highest BCUT2D eigenvalue weighted by molar-refractivity contribution is 7.98. The molecule has 0 unspecified atom stereocenters. The van der Waals surface area contributed by atoms with Crippen LogP contribution in [-0.2, 0) is 11.2 Å². The number of benzene rings is 1. The Kier molecular flexibility index (Phi) is 6.23. The zero-order valence-corrected chi connectivity index (χ0v) is 13.5. The van der Waals surface area contributed by atoms with Crippen LogP contribution < -0.4 is 16.4 Å². The molecule has 1 amide bonds. The number of nitrogen functional groups attached to an aromatic ring is 1. The predicted molar refractivity (Wildman–Crippen MR) is 93.1 cm³/mol. The van der Waals surface area contributed by atoms with Crippen LogP contribution in [0.5, 0.6) is 0 Å². The van der Waals surface area contributed by atoms with Gasteiger partial charge in [-0.05, 0) is 49.0 Å². The van der Waals surface area contributed by atoms with Crippen LogP contribution in [0, 0.1) is 0 Å². The third kappa shape index (κ3) is 4.84.